The lowest BCUT2D eigenvalue weighted by molar-refractivity contribution is 0.186. The molecule has 0 amide bonds. The maximum absolute atomic E-state index is 12.8. The van der Waals surface area contributed by atoms with E-state index in [0.717, 1.165) is 13.0 Å². The van der Waals surface area contributed by atoms with Crippen molar-refractivity contribution in [2.24, 2.45) is 0 Å². The van der Waals surface area contributed by atoms with Crippen LogP contribution in [-0.2, 0) is 17.8 Å². The molecule has 8 heteroatoms. The van der Waals surface area contributed by atoms with Crippen molar-refractivity contribution in [1.82, 2.24) is 24.0 Å². The van der Waals surface area contributed by atoms with E-state index in [2.05, 4.69) is 10.3 Å². The van der Waals surface area contributed by atoms with E-state index in [1.54, 1.807) is 22.6 Å². The SMILES string of the molecule is CCn1cnc2c1c(=O)n(C1CCNC1)c(=O)n2CCOC. The molecule has 120 valence electrons. The maximum atomic E-state index is 12.8. The van der Waals surface area contributed by atoms with Crippen LogP contribution in [0.3, 0.4) is 0 Å². The largest absolute Gasteiger partial charge is 0.383 e. The molecular formula is C14H21N5O3. The van der Waals surface area contributed by atoms with Crippen LogP contribution in [0.1, 0.15) is 19.4 Å². The van der Waals surface area contributed by atoms with Crippen molar-refractivity contribution in [3.8, 4) is 0 Å². The van der Waals surface area contributed by atoms with Gasteiger partial charge in [0.2, 0.25) is 0 Å². The number of nitrogens with one attached hydrogen (secondary N) is 1. The van der Waals surface area contributed by atoms with Gasteiger partial charge in [-0.1, -0.05) is 0 Å². The van der Waals surface area contributed by atoms with Crippen molar-refractivity contribution in [1.29, 1.82) is 0 Å². The standard InChI is InChI=1S/C14H21N5O3/c1-3-17-9-16-12-11(17)13(20)19(10-4-5-15-8-10)14(21)18(12)6-7-22-2/h9-10,15H,3-8H2,1-2H3. The second-order valence-corrected chi connectivity index (χ2v) is 5.45. The predicted octanol–water partition coefficient (Wildman–Crippen LogP) is -0.440. The fraction of sp³-hybridized carbons (Fsp3) is 0.643. The van der Waals surface area contributed by atoms with E-state index in [-0.39, 0.29) is 17.3 Å². The molecule has 3 heterocycles. The first-order chi connectivity index (χ1) is 10.7. The lowest BCUT2D eigenvalue weighted by atomic mass is 10.2. The Morgan fingerprint density at radius 3 is 2.91 bits per heavy atom. The van der Waals surface area contributed by atoms with Crippen molar-refractivity contribution in [2.75, 3.05) is 26.8 Å². The van der Waals surface area contributed by atoms with Gasteiger partial charge in [0, 0.05) is 20.2 Å². The molecule has 1 saturated heterocycles. The van der Waals surface area contributed by atoms with Crippen LogP contribution in [0.2, 0.25) is 0 Å². The molecule has 0 bridgehead atoms. The molecule has 8 nitrogen and oxygen atoms in total. The molecule has 0 aromatic carbocycles. The molecule has 0 aliphatic carbocycles. The van der Waals surface area contributed by atoms with Crippen molar-refractivity contribution in [3.05, 3.63) is 27.2 Å². The number of fused-ring (bicyclic) bond motifs is 1. The molecule has 2 aromatic rings. The van der Waals surface area contributed by atoms with Gasteiger partial charge in [0.25, 0.3) is 5.56 Å². The van der Waals surface area contributed by atoms with Gasteiger partial charge in [-0.2, -0.15) is 0 Å². The molecule has 0 spiro atoms. The molecule has 0 saturated carbocycles. The first-order valence-corrected chi connectivity index (χ1v) is 7.58. The van der Waals surface area contributed by atoms with Gasteiger partial charge < -0.3 is 14.6 Å². The minimum absolute atomic E-state index is 0.0987. The number of ether oxygens (including phenoxy) is 1. The van der Waals surface area contributed by atoms with Crippen LogP contribution in [0.15, 0.2) is 15.9 Å². The predicted molar refractivity (Wildman–Crippen MR) is 82.3 cm³/mol. The van der Waals surface area contributed by atoms with Gasteiger partial charge in [0.15, 0.2) is 11.2 Å². The lowest BCUT2D eigenvalue weighted by Crippen LogP contribution is -2.43. The Hall–Kier alpha value is -1.93. The fourth-order valence-electron chi connectivity index (χ4n) is 3.02. The highest BCUT2D eigenvalue weighted by molar-refractivity contribution is 5.70. The highest BCUT2D eigenvalue weighted by Crippen LogP contribution is 2.13. The summed E-state index contributed by atoms with van der Waals surface area (Å²) in [5.74, 6) is 0. The summed E-state index contributed by atoms with van der Waals surface area (Å²) in [6, 6.07) is -0.0987. The maximum Gasteiger partial charge on any atom is 0.333 e. The smallest absolute Gasteiger partial charge is 0.333 e. The Morgan fingerprint density at radius 2 is 2.27 bits per heavy atom. The molecule has 1 atom stereocenters. The minimum atomic E-state index is -0.301. The fourth-order valence-corrected chi connectivity index (χ4v) is 3.02. The van der Waals surface area contributed by atoms with Crippen LogP contribution >= 0.6 is 0 Å². The highest BCUT2D eigenvalue weighted by atomic mass is 16.5. The van der Waals surface area contributed by atoms with Gasteiger partial charge in [-0.3, -0.25) is 13.9 Å². The Bertz CT molecular complexity index is 782. The molecule has 1 fully saturated rings. The molecule has 2 aromatic heterocycles. The van der Waals surface area contributed by atoms with Crippen LogP contribution in [0.25, 0.3) is 11.2 Å². The van der Waals surface area contributed by atoms with Gasteiger partial charge in [0.1, 0.15) is 0 Å². The third-order valence-electron chi connectivity index (χ3n) is 4.19. The van der Waals surface area contributed by atoms with E-state index in [4.69, 9.17) is 4.74 Å². The zero-order valence-corrected chi connectivity index (χ0v) is 12.9. The zero-order chi connectivity index (χ0) is 15.7. The van der Waals surface area contributed by atoms with Gasteiger partial charge >= 0.3 is 5.69 Å². The van der Waals surface area contributed by atoms with Crippen molar-refractivity contribution in [3.63, 3.8) is 0 Å². The van der Waals surface area contributed by atoms with E-state index in [1.165, 1.54) is 4.57 Å². The van der Waals surface area contributed by atoms with Crippen LogP contribution in [0, 0.1) is 0 Å². The van der Waals surface area contributed by atoms with Crippen LogP contribution in [-0.4, -0.2) is 45.5 Å². The number of methoxy groups -OCH3 is 1. The topological polar surface area (TPSA) is 83.1 Å². The molecule has 3 rings (SSSR count). The molecule has 1 aliphatic rings. The van der Waals surface area contributed by atoms with E-state index >= 15 is 0 Å². The van der Waals surface area contributed by atoms with Gasteiger partial charge in [-0.05, 0) is 19.9 Å². The van der Waals surface area contributed by atoms with E-state index in [0.29, 0.717) is 37.4 Å². The monoisotopic (exact) mass is 307 g/mol. The lowest BCUT2D eigenvalue weighted by Gasteiger charge is -2.16. The number of hydrogen-bond donors (Lipinski definition) is 1. The summed E-state index contributed by atoms with van der Waals surface area (Å²) in [4.78, 5) is 29.9. The Morgan fingerprint density at radius 1 is 1.45 bits per heavy atom. The summed E-state index contributed by atoms with van der Waals surface area (Å²) in [7, 11) is 1.59. The Balaban J connectivity index is 2.29. The Labute approximate surface area is 127 Å². The summed E-state index contributed by atoms with van der Waals surface area (Å²) in [6.07, 6.45) is 2.40. The minimum Gasteiger partial charge on any atom is -0.383 e. The van der Waals surface area contributed by atoms with Crippen molar-refractivity contribution >= 4 is 11.2 Å². The second-order valence-electron chi connectivity index (χ2n) is 5.45. The van der Waals surface area contributed by atoms with Crippen molar-refractivity contribution < 1.29 is 4.74 Å². The number of aromatic nitrogens is 4. The summed E-state index contributed by atoms with van der Waals surface area (Å²) in [5.41, 5.74) is 0.382. The summed E-state index contributed by atoms with van der Waals surface area (Å²) in [6.45, 7) is 4.83. The van der Waals surface area contributed by atoms with Crippen LogP contribution in [0.5, 0.6) is 0 Å². The van der Waals surface area contributed by atoms with Gasteiger partial charge in [0.05, 0.1) is 25.5 Å². The first-order valence-electron chi connectivity index (χ1n) is 7.58. The molecule has 1 aliphatic heterocycles. The van der Waals surface area contributed by atoms with Gasteiger partial charge in [-0.25, -0.2) is 9.78 Å². The summed E-state index contributed by atoms with van der Waals surface area (Å²) >= 11 is 0. The molecular weight excluding hydrogens is 286 g/mol. The van der Waals surface area contributed by atoms with E-state index in [1.807, 2.05) is 6.92 Å². The number of imidazole rings is 1. The quantitative estimate of drug-likeness (QED) is 0.810. The average molecular weight is 307 g/mol. The van der Waals surface area contributed by atoms with Crippen molar-refractivity contribution in [2.45, 2.75) is 32.5 Å². The highest BCUT2D eigenvalue weighted by Gasteiger charge is 2.24. The summed E-state index contributed by atoms with van der Waals surface area (Å²) in [5, 5.41) is 3.20. The second kappa shape index (κ2) is 6.05. The number of aryl methyl sites for hydroxylation is 1. The first kappa shape index (κ1) is 15.0. The van der Waals surface area contributed by atoms with Crippen LogP contribution < -0.4 is 16.6 Å². The van der Waals surface area contributed by atoms with Gasteiger partial charge in [-0.15, -0.1) is 0 Å². The Kier molecular flexibility index (Phi) is 4.12. The normalized spacial score (nSPS) is 18.4. The molecule has 22 heavy (non-hydrogen) atoms. The third kappa shape index (κ3) is 2.28. The van der Waals surface area contributed by atoms with E-state index < -0.39 is 0 Å². The molecule has 1 unspecified atom stereocenters. The molecule has 0 radical (unpaired) electrons. The number of nitrogens with zero attached hydrogens (tertiary/aromatic N) is 4. The number of rotatable bonds is 5. The van der Waals surface area contributed by atoms with Crippen LogP contribution in [0.4, 0.5) is 0 Å². The zero-order valence-electron chi connectivity index (χ0n) is 12.9. The number of hydrogen-bond acceptors (Lipinski definition) is 5. The third-order valence-corrected chi connectivity index (χ3v) is 4.19. The summed E-state index contributed by atoms with van der Waals surface area (Å²) < 4.78 is 9.80. The average Bonchev–Trinajstić information content (AvgIpc) is 3.16. The van der Waals surface area contributed by atoms with E-state index in [9.17, 15) is 9.59 Å². The molecule has 1 N–H and O–H groups in total.